The number of hydrogen-bond acceptors (Lipinski definition) is 6. The summed E-state index contributed by atoms with van der Waals surface area (Å²) in [7, 11) is 1.51. The fraction of sp³-hybridized carbons (Fsp3) is 0.562. The summed E-state index contributed by atoms with van der Waals surface area (Å²) in [5.74, 6) is -4.71. The zero-order valence-electron chi connectivity index (χ0n) is 26.5. The summed E-state index contributed by atoms with van der Waals surface area (Å²) < 4.78 is 0. The van der Waals surface area contributed by atoms with E-state index in [9.17, 15) is 33.9 Å². The van der Waals surface area contributed by atoms with Crippen molar-refractivity contribution in [2.24, 2.45) is 11.8 Å². The summed E-state index contributed by atoms with van der Waals surface area (Å²) in [6.45, 7) is 7.58. The second-order valence-electron chi connectivity index (χ2n) is 12.8. The van der Waals surface area contributed by atoms with E-state index in [2.05, 4.69) is 20.9 Å². The third-order valence-electron chi connectivity index (χ3n) is 8.61. The molecule has 13 nitrogen and oxygen atoms in total. The predicted molar refractivity (Wildman–Crippen MR) is 166 cm³/mol. The lowest BCUT2D eigenvalue weighted by Gasteiger charge is -2.34. The van der Waals surface area contributed by atoms with Crippen molar-refractivity contribution in [1.82, 2.24) is 30.7 Å². The molecule has 2 aromatic rings. The number of aromatic nitrogens is 1. The van der Waals surface area contributed by atoms with Gasteiger partial charge in [0.05, 0.1) is 6.42 Å². The van der Waals surface area contributed by atoms with Gasteiger partial charge in [-0.3, -0.25) is 28.8 Å². The van der Waals surface area contributed by atoms with Crippen LogP contribution in [0.5, 0.6) is 0 Å². The predicted octanol–water partition coefficient (Wildman–Crippen LogP) is 1.17. The van der Waals surface area contributed by atoms with Crippen molar-refractivity contribution >= 4 is 46.4 Å². The number of aromatic amines is 1. The number of carbonyl (C=O) groups excluding carboxylic acids is 5. The number of fused-ring (bicyclic) bond motifs is 2. The number of benzene rings is 1. The Morgan fingerprint density at radius 1 is 0.933 bits per heavy atom. The summed E-state index contributed by atoms with van der Waals surface area (Å²) in [6.07, 6.45) is 2.15. The highest BCUT2D eigenvalue weighted by Crippen LogP contribution is 2.23. The van der Waals surface area contributed by atoms with Crippen LogP contribution in [0.3, 0.4) is 0 Å². The largest absolute Gasteiger partial charge is 0.481 e. The SMILES string of the molecule is CC(C)C[C@@H]1C(=O)N[C@@H](Cc2c[nH]c3ccccc23)C(=O)N[C@@H](CC(=O)O)C(=O)N2CCC[C@@H]2C(=O)N[C@@H](C(C)C)C(=O)N1C. The maximum Gasteiger partial charge on any atom is 0.305 e. The van der Waals surface area contributed by atoms with Crippen LogP contribution in [0.15, 0.2) is 30.5 Å². The first-order chi connectivity index (χ1) is 21.3. The highest BCUT2D eigenvalue weighted by atomic mass is 16.4. The first-order valence-corrected chi connectivity index (χ1v) is 15.5. The third-order valence-corrected chi connectivity index (χ3v) is 8.61. The first-order valence-electron chi connectivity index (χ1n) is 15.5. The molecule has 3 heterocycles. The Kier molecular flexibility index (Phi) is 10.5. The van der Waals surface area contributed by atoms with E-state index in [1.54, 1.807) is 20.0 Å². The monoisotopic (exact) mass is 624 g/mol. The molecule has 2 saturated heterocycles. The van der Waals surface area contributed by atoms with Gasteiger partial charge in [0, 0.05) is 37.1 Å². The minimum absolute atomic E-state index is 0.00400. The number of likely N-dealkylation sites (N-methyl/N-ethyl adjacent to an activating group) is 1. The molecule has 0 spiro atoms. The lowest BCUT2D eigenvalue weighted by atomic mass is 9.97. The maximum atomic E-state index is 14.0. The Balaban J connectivity index is 1.80. The van der Waals surface area contributed by atoms with Gasteiger partial charge in [0.15, 0.2) is 0 Å². The standard InChI is InChI=1S/C32H44N6O7/c1-17(2)13-25-30(43)34-22(14-19-16-33-21-10-7-6-9-20(19)21)28(41)35-23(15-26(39)40)31(44)38-12-8-11-24(38)29(42)36-27(18(3)4)32(45)37(25)5/h6-7,9-10,16-18,22-25,27,33H,8,11-15H2,1-5H3,(H,34,43)(H,35,41)(H,36,42)(H,39,40)/t22-,23-,24+,25+,27-/m0/s1. The average Bonchev–Trinajstić information content (AvgIpc) is 3.63. The molecule has 13 heteroatoms. The lowest BCUT2D eigenvalue weighted by molar-refractivity contribution is -0.146. The zero-order valence-corrected chi connectivity index (χ0v) is 26.5. The quantitative estimate of drug-likeness (QED) is 0.307. The van der Waals surface area contributed by atoms with Crippen molar-refractivity contribution in [3.05, 3.63) is 36.0 Å². The molecule has 0 radical (unpaired) electrons. The van der Waals surface area contributed by atoms with E-state index >= 15 is 0 Å². The molecule has 0 unspecified atom stereocenters. The zero-order chi connectivity index (χ0) is 33.0. The van der Waals surface area contributed by atoms with Crippen LogP contribution < -0.4 is 16.0 Å². The number of nitrogens with zero attached hydrogens (tertiary/aromatic N) is 2. The number of carboxylic acid groups (broad SMARTS) is 1. The molecule has 5 N–H and O–H groups in total. The van der Waals surface area contributed by atoms with Crippen molar-refractivity contribution in [2.75, 3.05) is 13.6 Å². The van der Waals surface area contributed by atoms with Crippen molar-refractivity contribution in [3.8, 4) is 0 Å². The number of nitrogens with one attached hydrogen (secondary N) is 4. The number of aliphatic carboxylic acids is 1. The number of rotatable bonds is 7. The molecule has 244 valence electrons. The van der Waals surface area contributed by atoms with Gasteiger partial charge in [-0.05, 0) is 42.7 Å². The molecular formula is C32H44N6O7. The Morgan fingerprint density at radius 2 is 1.62 bits per heavy atom. The number of amides is 5. The summed E-state index contributed by atoms with van der Waals surface area (Å²) in [4.78, 5) is 86.7. The van der Waals surface area contributed by atoms with Gasteiger partial charge in [-0.15, -0.1) is 0 Å². The van der Waals surface area contributed by atoms with E-state index in [0.717, 1.165) is 16.5 Å². The number of carboxylic acids is 1. The van der Waals surface area contributed by atoms with E-state index in [0.29, 0.717) is 12.8 Å². The molecule has 0 saturated carbocycles. The van der Waals surface area contributed by atoms with Crippen LogP contribution in [0.25, 0.3) is 10.9 Å². The minimum atomic E-state index is -1.48. The summed E-state index contributed by atoms with van der Waals surface area (Å²) in [5.41, 5.74) is 1.56. The molecule has 2 aliphatic heterocycles. The van der Waals surface area contributed by atoms with Crippen molar-refractivity contribution in [3.63, 3.8) is 0 Å². The van der Waals surface area contributed by atoms with Crippen molar-refractivity contribution in [2.45, 2.75) is 90.0 Å². The van der Waals surface area contributed by atoms with Gasteiger partial charge < -0.3 is 35.8 Å². The lowest BCUT2D eigenvalue weighted by Crippen LogP contribution is -2.59. The van der Waals surface area contributed by atoms with Crippen LogP contribution >= 0.6 is 0 Å². The highest BCUT2D eigenvalue weighted by Gasteiger charge is 2.42. The normalized spacial score (nSPS) is 25.6. The van der Waals surface area contributed by atoms with Gasteiger partial charge in [-0.25, -0.2) is 0 Å². The van der Waals surface area contributed by atoms with Crippen molar-refractivity contribution < 1.29 is 33.9 Å². The molecule has 45 heavy (non-hydrogen) atoms. The summed E-state index contributed by atoms with van der Waals surface area (Å²) in [5, 5.41) is 18.7. The van der Waals surface area contributed by atoms with Gasteiger partial charge in [-0.1, -0.05) is 45.9 Å². The van der Waals surface area contributed by atoms with Gasteiger partial charge in [-0.2, -0.15) is 0 Å². The molecule has 5 amide bonds. The molecule has 0 bridgehead atoms. The van der Waals surface area contributed by atoms with Crippen LogP contribution in [0.2, 0.25) is 0 Å². The minimum Gasteiger partial charge on any atom is -0.481 e. The number of hydrogen-bond donors (Lipinski definition) is 5. The smallest absolute Gasteiger partial charge is 0.305 e. The number of para-hydroxylation sites is 1. The fourth-order valence-corrected chi connectivity index (χ4v) is 6.17. The molecule has 2 fully saturated rings. The Morgan fingerprint density at radius 3 is 2.29 bits per heavy atom. The third kappa shape index (κ3) is 7.63. The Labute approximate surface area is 262 Å². The van der Waals surface area contributed by atoms with Gasteiger partial charge >= 0.3 is 5.97 Å². The molecule has 0 aliphatic carbocycles. The van der Waals surface area contributed by atoms with E-state index in [-0.39, 0.29) is 31.2 Å². The summed E-state index contributed by atoms with van der Waals surface area (Å²) >= 11 is 0. The van der Waals surface area contributed by atoms with E-state index < -0.39 is 72.1 Å². The highest BCUT2D eigenvalue weighted by molar-refractivity contribution is 5.99. The van der Waals surface area contributed by atoms with Crippen LogP contribution in [0.4, 0.5) is 0 Å². The van der Waals surface area contributed by atoms with Crippen LogP contribution in [-0.4, -0.2) is 99.2 Å². The molecular weight excluding hydrogens is 580 g/mol. The van der Waals surface area contributed by atoms with Crippen LogP contribution in [0.1, 0.15) is 58.9 Å². The fourth-order valence-electron chi connectivity index (χ4n) is 6.17. The Hall–Kier alpha value is -4.42. The topological polar surface area (TPSA) is 181 Å². The van der Waals surface area contributed by atoms with Crippen LogP contribution in [-0.2, 0) is 35.2 Å². The van der Waals surface area contributed by atoms with Gasteiger partial charge in [0.2, 0.25) is 29.5 Å². The second kappa shape index (κ2) is 14.1. The van der Waals surface area contributed by atoms with Gasteiger partial charge in [0.25, 0.3) is 0 Å². The summed E-state index contributed by atoms with van der Waals surface area (Å²) in [6, 6.07) is 1.88. The van der Waals surface area contributed by atoms with Crippen LogP contribution in [0, 0.1) is 11.8 Å². The number of carbonyl (C=O) groups is 6. The molecule has 5 atom stereocenters. The Bertz CT molecular complexity index is 1450. The van der Waals surface area contributed by atoms with E-state index in [1.165, 1.54) is 16.8 Å². The first kappa shape index (κ1) is 33.5. The molecule has 2 aliphatic rings. The van der Waals surface area contributed by atoms with Crippen molar-refractivity contribution in [1.29, 1.82) is 0 Å². The molecule has 4 rings (SSSR count). The maximum absolute atomic E-state index is 14.0. The average molecular weight is 625 g/mol. The number of H-pyrrole nitrogens is 1. The second-order valence-corrected chi connectivity index (χ2v) is 12.8. The molecule has 1 aromatic carbocycles. The molecule has 1 aromatic heterocycles. The van der Waals surface area contributed by atoms with E-state index in [1.807, 2.05) is 38.1 Å². The van der Waals surface area contributed by atoms with Gasteiger partial charge in [0.1, 0.15) is 30.2 Å². The van der Waals surface area contributed by atoms with E-state index in [4.69, 9.17) is 0 Å².